The second-order valence-corrected chi connectivity index (χ2v) is 5.32. The van der Waals surface area contributed by atoms with Gasteiger partial charge in [-0.2, -0.15) is 0 Å². The first kappa shape index (κ1) is 15.0. The topological polar surface area (TPSA) is 115 Å². The quantitative estimate of drug-likeness (QED) is 0.692. The van der Waals surface area contributed by atoms with E-state index in [2.05, 4.69) is 0 Å². The molecule has 3 amide bonds. The van der Waals surface area contributed by atoms with Crippen molar-refractivity contribution in [1.82, 2.24) is 5.32 Å². The average molecular weight is 291 g/mol. The van der Waals surface area contributed by atoms with Gasteiger partial charge in [-0.15, -0.1) is 0 Å². The van der Waals surface area contributed by atoms with Gasteiger partial charge in [0.25, 0.3) is 0 Å². The molecule has 0 radical (unpaired) electrons. The lowest BCUT2D eigenvalue weighted by atomic mass is 10.3. The van der Waals surface area contributed by atoms with Crippen molar-refractivity contribution in [3.05, 3.63) is 23.8 Å². The highest BCUT2D eigenvalue weighted by molar-refractivity contribution is 7.86. The van der Waals surface area contributed by atoms with Gasteiger partial charge in [0.05, 0.1) is 10.8 Å². The van der Waals surface area contributed by atoms with Gasteiger partial charge in [0.15, 0.2) is 0 Å². The van der Waals surface area contributed by atoms with Gasteiger partial charge in [-0.1, -0.05) is 0 Å². The van der Waals surface area contributed by atoms with Gasteiger partial charge in [-0.05, 0) is 19.1 Å². The molecular formula is C10H11F2N3O3S. The van der Waals surface area contributed by atoms with Crippen molar-refractivity contribution < 1.29 is 22.6 Å². The van der Waals surface area contributed by atoms with Crippen LogP contribution in [0.1, 0.15) is 6.92 Å². The normalized spacial score (nSPS) is 13.6. The SMILES string of the molecule is CC(C(=O)NC(N)=O)S(=O)c1c(F)cc(N)cc1F. The van der Waals surface area contributed by atoms with Crippen LogP contribution in [-0.4, -0.2) is 21.4 Å². The molecule has 9 heteroatoms. The summed E-state index contributed by atoms with van der Waals surface area (Å²) in [6.45, 7) is 1.14. The Bertz CT molecular complexity index is 542. The molecule has 0 aliphatic heterocycles. The highest BCUT2D eigenvalue weighted by Gasteiger charge is 2.27. The maximum Gasteiger partial charge on any atom is 0.318 e. The fourth-order valence-corrected chi connectivity index (χ4v) is 2.38. The van der Waals surface area contributed by atoms with E-state index in [-0.39, 0.29) is 5.69 Å². The van der Waals surface area contributed by atoms with Gasteiger partial charge < -0.3 is 11.5 Å². The molecule has 6 nitrogen and oxygen atoms in total. The number of nitrogens with one attached hydrogen (secondary N) is 1. The number of hydrogen-bond donors (Lipinski definition) is 3. The van der Waals surface area contributed by atoms with Crippen molar-refractivity contribution in [2.75, 3.05) is 5.73 Å². The number of imide groups is 1. The van der Waals surface area contributed by atoms with E-state index < -0.39 is 44.5 Å². The minimum absolute atomic E-state index is 0.176. The lowest BCUT2D eigenvalue weighted by Crippen LogP contribution is -2.42. The molecule has 0 spiro atoms. The van der Waals surface area contributed by atoms with Crippen LogP contribution >= 0.6 is 0 Å². The van der Waals surface area contributed by atoms with Gasteiger partial charge in [0.2, 0.25) is 5.91 Å². The molecule has 0 saturated heterocycles. The Kier molecular flexibility index (Phi) is 4.54. The number of amides is 3. The number of anilines is 1. The average Bonchev–Trinajstić information content (AvgIpc) is 2.25. The van der Waals surface area contributed by atoms with E-state index in [4.69, 9.17) is 11.5 Å². The number of carbonyl (C=O) groups excluding carboxylic acids is 2. The molecule has 0 bridgehead atoms. The van der Waals surface area contributed by atoms with E-state index in [0.717, 1.165) is 19.1 Å². The zero-order valence-corrected chi connectivity index (χ0v) is 10.6. The van der Waals surface area contributed by atoms with Crippen LogP contribution in [0.4, 0.5) is 19.3 Å². The highest BCUT2D eigenvalue weighted by Crippen LogP contribution is 2.22. The number of benzene rings is 1. The Balaban J connectivity index is 3.07. The molecule has 0 heterocycles. The van der Waals surface area contributed by atoms with Crippen LogP contribution < -0.4 is 16.8 Å². The van der Waals surface area contributed by atoms with Crippen LogP contribution in [0.15, 0.2) is 17.0 Å². The lowest BCUT2D eigenvalue weighted by molar-refractivity contribution is -0.119. The predicted octanol–water partition coefficient (Wildman–Crippen LogP) is 0.238. The van der Waals surface area contributed by atoms with Crippen LogP contribution in [0.2, 0.25) is 0 Å². The second kappa shape index (κ2) is 5.74. The third-order valence-electron chi connectivity index (χ3n) is 2.16. The summed E-state index contributed by atoms with van der Waals surface area (Å²) < 4.78 is 38.9. The minimum atomic E-state index is -2.33. The summed E-state index contributed by atoms with van der Waals surface area (Å²) in [5, 5.41) is 0.320. The number of carbonyl (C=O) groups is 2. The third kappa shape index (κ3) is 3.47. The third-order valence-corrected chi connectivity index (χ3v) is 3.81. The summed E-state index contributed by atoms with van der Waals surface area (Å²) in [5.41, 5.74) is 9.75. The molecule has 0 aromatic heterocycles. The predicted molar refractivity (Wildman–Crippen MR) is 64.4 cm³/mol. The molecule has 104 valence electrons. The zero-order chi connectivity index (χ0) is 14.7. The number of nitrogen functional groups attached to an aromatic ring is 1. The molecule has 0 saturated carbocycles. The van der Waals surface area contributed by atoms with Gasteiger partial charge in [-0.25, -0.2) is 13.6 Å². The van der Waals surface area contributed by atoms with E-state index in [1.165, 1.54) is 0 Å². The largest absolute Gasteiger partial charge is 0.399 e. The first-order valence-electron chi connectivity index (χ1n) is 4.99. The molecule has 1 rings (SSSR count). The fraction of sp³-hybridized carbons (Fsp3) is 0.200. The van der Waals surface area contributed by atoms with Crippen molar-refractivity contribution in [3.63, 3.8) is 0 Å². The maximum absolute atomic E-state index is 13.5. The molecule has 5 N–H and O–H groups in total. The molecule has 0 aliphatic carbocycles. The van der Waals surface area contributed by atoms with Gasteiger partial charge in [0, 0.05) is 5.69 Å². The first-order chi connectivity index (χ1) is 8.73. The Morgan fingerprint density at radius 2 is 1.79 bits per heavy atom. The fourth-order valence-electron chi connectivity index (χ4n) is 1.27. The van der Waals surface area contributed by atoms with E-state index in [1.807, 2.05) is 0 Å². The van der Waals surface area contributed by atoms with E-state index in [9.17, 15) is 22.6 Å². The van der Waals surface area contributed by atoms with Crippen molar-refractivity contribution in [1.29, 1.82) is 0 Å². The summed E-state index contributed by atoms with van der Waals surface area (Å²) >= 11 is 0. The molecule has 19 heavy (non-hydrogen) atoms. The lowest BCUT2D eigenvalue weighted by Gasteiger charge is -2.12. The van der Waals surface area contributed by atoms with Crippen LogP contribution in [0.3, 0.4) is 0 Å². The number of hydrogen-bond acceptors (Lipinski definition) is 4. The molecule has 1 aromatic rings. The first-order valence-corrected chi connectivity index (χ1v) is 6.20. The van der Waals surface area contributed by atoms with E-state index in [1.54, 1.807) is 5.32 Å². The Labute approximate surface area is 109 Å². The molecule has 2 atom stereocenters. The number of urea groups is 1. The molecular weight excluding hydrogens is 280 g/mol. The number of primary amides is 1. The number of rotatable bonds is 3. The van der Waals surface area contributed by atoms with Gasteiger partial charge >= 0.3 is 6.03 Å². The monoisotopic (exact) mass is 291 g/mol. The standard InChI is InChI=1S/C10H11F2N3O3S/c1-4(9(16)15-10(14)17)19(18)8-6(11)2-5(13)3-7(8)12/h2-4H,13H2,1H3,(H3,14,15,16,17). The maximum atomic E-state index is 13.5. The zero-order valence-electron chi connectivity index (χ0n) is 9.78. The van der Waals surface area contributed by atoms with Crippen LogP contribution in [0, 0.1) is 11.6 Å². The van der Waals surface area contributed by atoms with Crippen LogP contribution in [0.25, 0.3) is 0 Å². The van der Waals surface area contributed by atoms with Gasteiger partial charge in [-0.3, -0.25) is 14.3 Å². The van der Waals surface area contributed by atoms with Crippen LogP contribution in [0.5, 0.6) is 0 Å². The number of halogens is 2. The summed E-state index contributed by atoms with van der Waals surface area (Å²) in [6.07, 6.45) is 0. The van der Waals surface area contributed by atoms with Crippen molar-refractivity contribution in [2.45, 2.75) is 17.1 Å². The van der Waals surface area contributed by atoms with Crippen LogP contribution in [-0.2, 0) is 15.6 Å². The second-order valence-electron chi connectivity index (χ2n) is 3.61. The summed E-state index contributed by atoms with van der Waals surface area (Å²) in [7, 11) is -2.33. The number of nitrogens with two attached hydrogens (primary N) is 2. The summed E-state index contributed by atoms with van der Waals surface area (Å²) in [6, 6.07) is 0.427. The molecule has 0 fully saturated rings. The smallest absolute Gasteiger partial charge is 0.318 e. The Morgan fingerprint density at radius 3 is 2.21 bits per heavy atom. The van der Waals surface area contributed by atoms with Crippen molar-refractivity contribution in [2.24, 2.45) is 5.73 Å². The molecule has 1 aromatic carbocycles. The Morgan fingerprint density at radius 1 is 1.32 bits per heavy atom. The molecule has 2 unspecified atom stereocenters. The van der Waals surface area contributed by atoms with Crippen molar-refractivity contribution in [3.8, 4) is 0 Å². The minimum Gasteiger partial charge on any atom is -0.399 e. The molecule has 0 aliphatic rings. The Hall–Kier alpha value is -2.03. The van der Waals surface area contributed by atoms with Gasteiger partial charge in [0.1, 0.15) is 21.8 Å². The van der Waals surface area contributed by atoms with E-state index in [0.29, 0.717) is 0 Å². The van der Waals surface area contributed by atoms with Crippen molar-refractivity contribution >= 4 is 28.4 Å². The summed E-state index contributed by atoms with van der Waals surface area (Å²) in [4.78, 5) is 21.1. The van der Waals surface area contributed by atoms with E-state index >= 15 is 0 Å². The highest BCUT2D eigenvalue weighted by atomic mass is 32.2. The summed E-state index contributed by atoms with van der Waals surface area (Å²) in [5.74, 6) is -3.26.